The smallest absolute Gasteiger partial charge is 0.133 e. The Morgan fingerprint density at radius 3 is 2.62 bits per heavy atom. The molecule has 2 aromatic rings. The van der Waals surface area contributed by atoms with E-state index >= 15 is 0 Å². The number of aryl methyl sites for hydroxylation is 2. The molecule has 0 bridgehead atoms. The minimum Gasteiger partial charge on any atom is -0.457 e. The van der Waals surface area contributed by atoms with Crippen LogP contribution in [0.4, 0.5) is 4.39 Å². The minimum atomic E-state index is -0.284. The quantitative estimate of drug-likeness (QED) is 0.775. The fourth-order valence-electron chi connectivity index (χ4n) is 2.15. The van der Waals surface area contributed by atoms with E-state index < -0.39 is 0 Å². The molecular formula is C18H22FNO. The van der Waals surface area contributed by atoms with Crippen molar-refractivity contribution in [2.75, 3.05) is 6.54 Å². The molecule has 3 heteroatoms. The number of rotatable bonds is 6. The van der Waals surface area contributed by atoms with E-state index in [9.17, 15) is 4.39 Å². The standard InChI is InChI=1S/C18H22FNO/c1-4-9-20-12-15-10-13(2)5-8-17(15)21-18-11-16(19)7-6-14(18)3/h5-8,10-11,20H,4,9,12H2,1-3H3. The summed E-state index contributed by atoms with van der Waals surface area (Å²) in [5, 5.41) is 3.38. The zero-order valence-corrected chi connectivity index (χ0v) is 12.9. The van der Waals surface area contributed by atoms with Gasteiger partial charge in [-0.15, -0.1) is 0 Å². The van der Waals surface area contributed by atoms with Gasteiger partial charge in [-0.1, -0.05) is 30.7 Å². The summed E-state index contributed by atoms with van der Waals surface area (Å²) >= 11 is 0. The van der Waals surface area contributed by atoms with Gasteiger partial charge in [0.15, 0.2) is 0 Å². The second-order valence-electron chi connectivity index (χ2n) is 5.30. The molecule has 2 aromatic carbocycles. The van der Waals surface area contributed by atoms with Crippen LogP contribution in [0.3, 0.4) is 0 Å². The van der Waals surface area contributed by atoms with Gasteiger partial charge in [0, 0.05) is 18.2 Å². The third kappa shape index (κ3) is 4.30. The monoisotopic (exact) mass is 287 g/mol. The van der Waals surface area contributed by atoms with Crippen molar-refractivity contribution in [2.45, 2.75) is 33.7 Å². The zero-order valence-electron chi connectivity index (χ0n) is 12.9. The molecule has 0 spiro atoms. The predicted molar refractivity (Wildman–Crippen MR) is 84.4 cm³/mol. The maximum absolute atomic E-state index is 13.4. The molecule has 0 aromatic heterocycles. The first-order valence-electron chi connectivity index (χ1n) is 7.34. The van der Waals surface area contributed by atoms with E-state index in [1.54, 1.807) is 6.07 Å². The lowest BCUT2D eigenvalue weighted by Gasteiger charge is -2.14. The number of hydrogen-bond donors (Lipinski definition) is 1. The van der Waals surface area contributed by atoms with Crippen LogP contribution in [0.25, 0.3) is 0 Å². The lowest BCUT2D eigenvalue weighted by atomic mass is 10.1. The lowest BCUT2D eigenvalue weighted by Crippen LogP contribution is -2.14. The van der Waals surface area contributed by atoms with Crippen LogP contribution < -0.4 is 10.1 Å². The maximum atomic E-state index is 13.4. The predicted octanol–water partition coefficient (Wildman–Crippen LogP) is 4.73. The van der Waals surface area contributed by atoms with Gasteiger partial charge >= 0.3 is 0 Å². The van der Waals surface area contributed by atoms with Gasteiger partial charge in [-0.2, -0.15) is 0 Å². The molecule has 0 saturated heterocycles. The van der Waals surface area contributed by atoms with Crippen molar-refractivity contribution in [2.24, 2.45) is 0 Å². The van der Waals surface area contributed by atoms with Crippen LogP contribution in [0.1, 0.15) is 30.0 Å². The summed E-state index contributed by atoms with van der Waals surface area (Å²) in [5.41, 5.74) is 3.20. The molecule has 0 unspecified atom stereocenters. The molecule has 2 rings (SSSR count). The average molecular weight is 287 g/mol. The molecule has 0 amide bonds. The van der Waals surface area contributed by atoms with Crippen molar-refractivity contribution in [3.8, 4) is 11.5 Å². The highest BCUT2D eigenvalue weighted by Gasteiger charge is 2.08. The molecule has 0 atom stereocenters. The van der Waals surface area contributed by atoms with Crippen molar-refractivity contribution in [1.29, 1.82) is 0 Å². The van der Waals surface area contributed by atoms with Crippen LogP contribution in [0.5, 0.6) is 11.5 Å². The fourth-order valence-corrected chi connectivity index (χ4v) is 2.15. The van der Waals surface area contributed by atoms with Gasteiger partial charge in [-0.25, -0.2) is 4.39 Å². The summed E-state index contributed by atoms with van der Waals surface area (Å²) in [4.78, 5) is 0. The van der Waals surface area contributed by atoms with Crippen LogP contribution in [0, 0.1) is 19.7 Å². The Kier molecular flexibility index (Phi) is 5.34. The van der Waals surface area contributed by atoms with Gasteiger partial charge in [0.1, 0.15) is 17.3 Å². The highest BCUT2D eigenvalue weighted by molar-refractivity contribution is 5.42. The number of hydrogen-bond acceptors (Lipinski definition) is 2. The Bertz CT molecular complexity index is 610. The van der Waals surface area contributed by atoms with E-state index in [0.717, 1.165) is 36.4 Å². The van der Waals surface area contributed by atoms with Crippen LogP contribution in [-0.2, 0) is 6.54 Å². The molecule has 0 aliphatic heterocycles. The lowest BCUT2D eigenvalue weighted by molar-refractivity contribution is 0.463. The molecular weight excluding hydrogens is 265 g/mol. The van der Waals surface area contributed by atoms with Crippen molar-refractivity contribution >= 4 is 0 Å². The summed E-state index contributed by atoms with van der Waals surface area (Å²) in [7, 11) is 0. The second-order valence-corrected chi connectivity index (χ2v) is 5.30. The average Bonchev–Trinajstić information content (AvgIpc) is 2.46. The normalized spacial score (nSPS) is 10.7. The van der Waals surface area contributed by atoms with Gasteiger partial charge in [-0.05, 0) is 44.5 Å². The minimum absolute atomic E-state index is 0.284. The summed E-state index contributed by atoms with van der Waals surface area (Å²) in [6.45, 7) is 7.82. The Hall–Kier alpha value is -1.87. The van der Waals surface area contributed by atoms with E-state index in [4.69, 9.17) is 4.74 Å². The number of ether oxygens (including phenoxy) is 1. The molecule has 0 radical (unpaired) electrons. The Labute approximate surface area is 126 Å². The first-order valence-corrected chi connectivity index (χ1v) is 7.34. The number of halogens is 1. The highest BCUT2D eigenvalue weighted by atomic mass is 19.1. The van der Waals surface area contributed by atoms with Gasteiger partial charge in [-0.3, -0.25) is 0 Å². The molecule has 21 heavy (non-hydrogen) atoms. The van der Waals surface area contributed by atoms with Crippen molar-refractivity contribution in [1.82, 2.24) is 5.32 Å². The molecule has 0 saturated carbocycles. The Balaban J connectivity index is 2.24. The van der Waals surface area contributed by atoms with Gasteiger partial charge in [0.2, 0.25) is 0 Å². The van der Waals surface area contributed by atoms with E-state index in [1.165, 1.54) is 17.7 Å². The molecule has 1 N–H and O–H groups in total. The van der Waals surface area contributed by atoms with Crippen molar-refractivity contribution in [3.05, 3.63) is 58.9 Å². The zero-order chi connectivity index (χ0) is 15.2. The Morgan fingerprint density at radius 1 is 1.05 bits per heavy atom. The number of benzene rings is 2. The first-order chi connectivity index (χ1) is 10.1. The molecule has 0 fully saturated rings. The van der Waals surface area contributed by atoms with E-state index in [2.05, 4.69) is 25.2 Å². The summed E-state index contributed by atoms with van der Waals surface area (Å²) in [6, 6.07) is 10.7. The van der Waals surface area contributed by atoms with E-state index in [1.807, 2.05) is 19.1 Å². The van der Waals surface area contributed by atoms with Gasteiger partial charge in [0.25, 0.3) is 0 Å². The number of nitrogens with one attached hydrogen (secondary N) is 1. The Morgan fingerprint density at radius 2 is 1.86 bits per heavy atom. The third-order valence-electron chi connectivity index (χ3n) is 3.33. The molecule has 2 nitrogen and oxygen atoms in total. The summed E-state index contributed by atoms with van der Waals surface area (Å²) in [5.74, 6) is 1.06. The van der Waals surface area contributed by atoms with Crippen LogP contribution >= 0.6 is 0 Å². The molecule has 0 aliphatic rings. The third-order valence-corrected chi connectivity index (χ3v) is 3.33. The van der Waals surface area contributed by atoms with Crippen LogP contribution in [-0.4, -0.2) is 6.54 Å². The molecule has 0 heterocycles. The molecule has 0 aliphatic carbocycles. The van der Waals surface area contributed by atoms with E-state index in [-0.39, 0.29) is 5.82 Å². The van der Waals surface area contributed by atoms with Crippen LogP contribution in [0.2, 0.25) is 0 Å². The summed E-state index contributed by atoms with van der Waals surface area (Å²) in [6.07, 6.45) is 1.09. The fraction of sp³-hybridized carbons (Fsp3) is 0.333. The van der Waals surface area contributed by atoms with Gasteiger partial charge < -0.3 is 10.1 Å². The van der Waals surface area contributed by atoms with Crippen molar-refractivity contribution in [3.63, 3.8) is 0 Å². The second kappa shape index (κ2) is 7.23. The highest BCUT2D eigenvalue weighted by Crippen LogP contribution is 2.29. The summed E-state index contributed by atoms with van der Waals surface area (Å²) < 4.78 is 19.3. The maximum Gasteiger partial charge on any atom is 0.133 e. The van der Waals surface area contributed by atoms with Gasteiger partial charge in [0.05, 0.1) is 0 Å². The largest absolute Gasteiger partial charge is 0.457 e. The first kappa shape index (κ1) is 15.5. The van der Waals surface area contributed by atoms with Crippen molar-refractivity contribution < 1.29 is 9.13 Å². The molecule has 112 valence electrons. The topological polar surface area (TPSA) is 21.3 Å². The van der Waals surface area contributed by atoms with E-state index in [0.29, 0.717) is 5.75 Å². The van der Waals surface area contributed by atoms with Crippen LogP contribution in [0.15, 0.2) is 36.4 Å². The SMILES string of the molecule is CCCNCc1cc(C)ccc1Oc1cc(F)ccc1C.